The molecule has 20 heavy (non-hydrogen) atoms. The number of carbonyl (C=O) groups excluding carboxylic acids is 1. The van der Waals surface area contributed by atoms with Gasteiger partial charge >= 0.3 is 0 Å². The van der Waals surface area contributed by atoms with E-state index < -0.39 is 0 Å². The topological polar surface area (TPSA) is 41.6 Å². The zero-order valence-electron chi connectivity index (χ0n) is 12.4. The number of hydrogen-bond donors (Lipinski definition) is 1. The minimum Gasteiger partial charge on any atom is -0.495 e. The van der Waals surface area contributed by atoms with Gasteiger partial charge in [0.2, 0.25) is 5.91 Å². The second-order valence-electron chi connectivity index (χ2n) is 5.46. The Morgan fingerprint density at radius 1 is 1.45 bits per heavy atom. The van der Waals surface area contributed by atoms with Gasteiger partial charge in [0.1, 0.15) is 5.75 Å². The van der Waals surface area contributed by atoms with Crippen LogP contribution in [-0.2, 0) is 4.79 Å². The largest absolute Gasteiger partial charge is 0.495 e. The number of carbonyl (C=O) groups is 1. The van der Waals surface area contributed by atoms with Crippen molar-refractivity contribution >= 4 is 11.6 Å². The summed E-state index contributed by atoms with van der Waals surface area (Å²) in [6.45, 7) is 4.68. The normalized spacial score (nSPS) is 18.7. The number of likely N-dealkylation sites (tertiary alicyclic amines) is 1. The molecule has 0 aliphatic carbocycles. The van der Waals surface area contributed by atoms with Gasteiger partial charge in [-0.3, -0.25) is 4.79 Å². The van der Waals surface area contributed by atoms with Crippen LogP contribution in [0, 0.1) is 5.92 Å². The molecular formula is C16H24N2O2. The molecule has 1 heterocycles. The fourth-order valence-corrected chi connectivity index (χ4v) is 2.67. The Balaban J connectivity index is 1.79. The average molecular weight is 276 g/mol. The van der Waals surface area contributed by atoms with Crippen molar-refractivity contribution in [1.82, 2.24) is 4.90 Å². The van der Waals surface area contributed by atoms with Crippen molar-refractivity contribution in [1.29, 1.82) is 0 Å². The van der Waals surface area contributed by atoms with E-state index in [9.17, 15) is 4.79 Å². The number of para-hydroxylation sites is 2. The molecule has 1 saturated heterocycles. The molecule has 110 valence electrons. The Hall–Kier alpha value is -1.71. The van der Waals surface area contributed by atoms with Crippen LogP contribution in [0.5, 0.6) is 5.75 Å². The molecule has 1 aliphatic rings. The first-order valence-electron chi connectivity index (χ1n) is 7.35. The van der Waals surface area contributed by atoms with Crippen molar-refractivity contribution in [2.45, 2.75) is 26.2 Å². The van der Waals surface area contributed by atoms with Crippen LogP contribution in [0.1, 0.15) is 26.2 Å². The summed E-state index contributed by atoms with van der Waals surface area (Å²) in [5.74, 6) is 1.69. The molecule has 1 aromatic carbocycles. The highest BCUT2D eigenvalue weighted by molar-refractivity contribution is 5.77. The summed E-state index contributed by atoms with van der Waals surface area (Å²) in [6.07, 6.45) is 2.90. The Labute approximate surface area is 121 Å². The molecule has 1 aliphatic heterocycles. The average Bonchev–Trinajstić information content (AvgIpc) is 2.47. The summed E-state index contributed by atoms with van der Waals surface area (Å²) in [5.41, 5.74) is 0.940. The van der Waals surface area contributed by atoms with Crippen LogP contribution in [0.2, 0.25) is 0 Å². The van der Waals surface area contributed by atoms with Crippen LogP contribution < -0.4 is 10.1 Å². The van der Waals surface area contributed by atoms with Crippen LogP contribution in [0.15, 0.2) is 24.3 Å². The summed E-state index contributed by atoms with van der Waals surface area (Å²) in [6, 6.07) is 7.77. The maximum absolute atomic E-state index is 12.1. The van der Waals surface area contributed by atoms with E-state index in [4.69, 9.17) is 4.74 Å². The summed E-state index contributed by atoms with van der Waals surface area (Å²) in [5, 5.41) is 3.27. The second kappa shape index (κ2) is 7.17. The van der Waals surface area contributed by atoms with E-state index >= 15 is 0 Å². The molecular weight excluding hydrogens is 252 g/mol. The van der Waals surface area contributed by atoms with Crippen LogP contribution >= 0.6 is 0 Å². The van der Waals surface area contributed by atoms with Gasteiger partial charge in [-0.05, 0) is 30.9 Å². The summed E-state index contributed by atoms with van der Waals surface area (Å²) in [4.78, 5) is 14.1. The van der Waals surface area contributed by atoms with Gasteiger partial charge in [-0.2, -0.15) is 0 Å². The highest BCUT2D eigenvalue weighted by Crippen LogP contribution is 2.23. The second-order valence-corrected chi connectivity index (χ2v) is 5.46. The number of nitrogens with zero attached hydrogens (tertiary/aromatic N) is 1. The molecule has 1 fully saturated rings. The molecule has 0 bridgehead atoms. The van der Waals surface area contributed by atoms with Gasteiger partial charge in [0.05, 0.1) is 12.8 Å². The van der Waals surface area contributed by atoms with Gasteiger partial charge in [-0.15, -0.1) is 0 Å². The third-order valence-corrected chi connectivity index (χ3v) is 3.77. The van der Waals surface area contributed by atoms with Gasteiger partial charge < -0.3 is 15.0 Å². The number of rotatable bonds is 5. The molecule has 1 N–H and O–H groups in total. The van der Waals surface area contributed by atoms with Gasteiger partial charge in [0.15, 0.2) is 0 Å². The Morgan fingerprint density at radius 3 is 3.00 bits per heavy atom. The van der Waals surface area contributed by atoms with E-state index in [1.807, 2.05) is 29.2 Å². The molecule has 0 aromatic heterocycles. The first kappa shape index (κ1) is 14.7. The number of benzene rings is 1. The van der Waals surface area contributed by atoms with Crippen LogP contribution in [0.25, 0.3) is 0 Å². The fraction of sp³-hybridized carbons (Fsp3) is 0.562. The first-order valence-corrected chi connectivity index (χ1v) is 7.35. The minimum absolute atomic E-state index is 0.249. The van der Waals surface area contributed by atoms with Gasteiger partial charge in [0.25, 0.3) is 0 Å². The van der Waals surface area contributed by atoms with Crippen LogP contribution in [-0.4, -0.2) is 37.6 Å². The molecule has 2 rings (SSSR count). The molecule has 1 atom stereocenters. The number of piperidine rings is 1. The van der Waals surface area contributed by atoms with Crippen LogP contribution in [0.4, 0.5) is 5.69 Å². The molecule has 0 saturated carbocycles. The zero-order chi connectivity index (χ0) is 14.4. The first-order chi connectivity index (χ1) is 9.70. The Morgan fingerprint density at radius 2 is 2.25 bits per heavy atom. The molecule has 1 amide bonds. The van der Waals surface area contributed by atoms with E-state index in [0.717, 1.165) is 30.9 Å². The SMILES string of the molecule is COc1ccccc1NCCC(=O)N1CCCC(C)C1. The van der Waals surface area contributed by atoms with Crippen LogP contribution in [0.3, 0.4) is 0 Å². The quantitative estimate of drug-likeness (QED) is 0.899. The van der Waals surface area contributed by atoms with Crippen molar-refractivity contribution in [3.8, 4) is 5.75 Å². The monoisotopic (exact) mass is 276 g/mol. The van der Waals surface area contributed by atoms with E-state index in [1.54, 1.807) is 7.11 Å². The lowest BCUT2D eigenvalue weighted by molar-refractivity contribution is -0.132. The van der Waals surface area contributed by atoms with Crippen molar-refractivity contribution in [2.75, 3.05) is 32.1 Å². The number of anilines is 1. The molecule has 0 radical (unpaired) electrons. The third-order valence-electron chi connectivity index (χ3n) is 3.77. The lowest BCUT2D eigenvalue weighted by Gasteiger charge is -2.31. The predicted octanol–water partition coefficient (Wildman–Crippen LogP) is 2.76. The molecule has 4 heteroatoms. The van der Waals surface area contributed by atoms with E-state index in [2.05, 4.69) is 12.2 Å². The molecule has 4 nitrogen and oxygen atoms in total. The van der Waals surface area contributed by atoms with Crippen molar-refractivity contribution in [2.24, 2.45) is 5.92 Å². The number of nitrogens with one attached hydrogen (secondary N) is 1. The summed E-state index contributed by atoms with van der Waals surface area (Å²) in [7, 11) is 1.65. The molecule has 0 spiro atoms. The van der Waals surface area contributed by atoms with Gasteiger partial charge in [0, 0.05) is 26.1 Å². The maximum atomic E-state index is 12.1. The summed E-state index contributed by atoms with van der Waals surface area (Å²) < 4.78 is 5.28. The van der Waals surface area contributed by atoms with E-state index in [1.165, 1.54) is 6.42 Å². The van der Waals surface area contributed by atoms with E-state index in [0.29, 0.717) is 18.9 Å². The Bertz CT molecular complexity index is 448. The smallest absolute Gasteiger partial charge is 0.224 e. The van der Waals surface area contributed by atoms with Crippen molar-refractivity contribution in [3.63, 3.8) is 0 Å². The lowest BCUT2D eigenvalue weighted by Crippen LogP contribution is -2.39. The Kier molecular flexibility index (Phi) is 5.27. The molecule has 1 aromatic rings. The molecule has 1 unspecified atom stereocenters. The van der Waals surface area contributed by atoms with Gasteiger partial charge in [-0.25, -0.2) is 0 Å². The number of hydrogen-bond acceptors (Lipinski definition) is 3. The predicted molar refractivity (Wildman–Crippen MR) is 81.1 cm³/mol. The standard InChI is InChI=1S/C16H24N2O2/c1-13-6-5-11-18(12-13)16(19)9-10-17-14-7-3-4-8-15(14)20-2/h3-4,7-8,13,17H,5-6,9-12H2,1-2H3. The third kappa shape index (κ3) is 3.89. The fourth-order valence-electron chi connectivity index (χ4n) is 2.67. The van der Waals surface area contributed by atoms with Crippen molar-refractivity contribution in [3.05, 3.63) is 24.3 Å². The lowest BCUT2D eigenvalue weighted by atomic mass is 10.00. The maximum Gasteiger partial charge on any atom is 0.224 e. The zero-order valence-corrected chi connectivity index (χ0v) is 12.4. The number of ether oxygens (including phenoxy) is 1. The number of methoxy groups -OCH3 is 1. The van der Waals surface area contributed by atoms with Crippen molar-refractivity contribution < 1.29 is 9.53 Å². The summed E-state index contributed by atoms with van der Waals surface area (Å²) >= 11 is 0. The number of amides is 1. The van der Waals surface area contributed by atoms with E-state index in [-0.39, 0.29) is 5.91 Å². The van der Waals surface area contributed by atoms with Gasteiger partial charge in [-0.1, -0.05) is 19.1 Å². The highest BCUT2D eigenvalue weighted by Gasteiger charge is 2.20. The minimum atomic E-state index is 0.249. The highest BCUT2D eigenvalue weighted by atomic mass is 16.5.